The van der Waals surface area contributed by atoms with Crippen molar-refractivity contribution < 1.29 is 9.68 Å². The summed E-state index contributed by atoms with van der Waals surface area (Å²) in [5.74, 6) is 0.317. The molecule has 0 fully saturated rings. The highest BCUT2D eigenvalue weighted by atomic mass is 16.3. The number of phenols is 1. The quantitative estimate of drug-likeness (QED) is 0.179. The molecule has 6 aromatic carbocycles. The molecule has 0 spiro atoms. The zero-order valence-electron chi connectivity index (χ0n) is 26.0. The molecule has 1 aliphatic heterocycles. The van der Waals surface area contributed by atoms with Gasteiger partial charge in [-0.05, 0) is 64.1 Å². The van der Waals surface area contributed by atoms with Crippen molar-refractivity contribution in [1.82, 2.24) is 0 Å². The number of aromatic hydroxyl groups is 1. The number of para-hydroxylation sites is 1. The second kappa shape index (κ2) is 12.5. The first-order valence-corrected chi connectivity index (χ1v) is 16.1. The Balaban J connectivity index is 1.37. The molecule has 222 valence electrons. The van der Waals surface area contributed by atoms with E-state index in [0.717, 1.165) is 29.5 Å². The maximum atomic E-state index is 11.2. The molecule has 0 aromatic heterocycles. The fraction of sp³-hybridized carbons (Fsp3) is 0.167. The lowest BCUT2D eigenvalue weighted by Gasteiger charge is -2.26. The maximum absolute atomic E-state index is 11.2. The standard InChI is InChI=1S/C42H38N2O/c1-3-30-20-13-21-31(4-2)40(30)44-29-43(41(33-15-7-5-8-16-33)42(44)34-17-9-6-10-18-34)28-38-27-37(24-25-39(38)45)36-23-22-32-14-11-12-19-35(32)26-36/h5-27,29,41-42H,3-4,28H2,1-2H3/p+1/t41-,42-/m0/s1. The molecule has 0 radical (unpaired) electrons. The van der Waals surface area contributed by atoms with Crippen LogP contribution >= 0.6 is 0 Å². The molecule has 6 aromatic rings. The van der Waals surface area contributed by atoms with E-state index < -0.39 is 0 Å². The first-order chi connectivity index (χ1) is 22.1. The fourth-order valence-corrected chi connectivity index (χ4v) is 6.99. The van der Waals surface area contributed by atoms with Crippen molar-refractivity contribution in [1.29, 1.82) is 0 Å². The van der Waals surface area contributed by atoms with E-state index in [4.69, 9.17) is 0 Å². The van der Waals surface area contributed by atoms with E-state index in [9.17, 15) is 5.11 Å². The Morgan fingerprint density at radius 3 is 1.87 bits per heavy atom. The van der Waals surface area contributed by atoms with Crippen molar-refractivity contribution in [3.8, 4) is 16.9 Å². The van der Waals surface area contributed by atoms with Crippen molar-refractivity contribution in [2.45, 2.75) is 45.3 Å². The topological polar surface area (TPSA) is 26.5 Å². The van der Waals surface area contributed by atoms with E-state index in [0.29, 0.717) is 12.3 Å². The Bertz CT molecular complexity index is 1960. The van der Waals surface area contributed by atoms with Gasteiger partial charge in [-0.15, -0.1) is 0 Å². The molecule has 0 saturated heterocycles. The van der Waals surface area contributed by atoms with E-state index in [2.05, 4.69) is 157 Å². The van der Waals surface area contributed by atoms with Crippen LogP contribution in [0.5, 0.6) is 5.75 Å². The fourth-order valence-electron chi connectivity index (χ4n) is 6.99. The SMILES string of the molecule is CCc1cccc(CC)c1N1C=[N+](Cc2cc(-c3ccc4ccccc4c3)ccc2O)[C@@H](c2ccccc2)[C@@H]1c1ccccc1. The Morgan fingerprint density at radius 1 is 0.578 bits per heavy atom. The predicted molar refractivity (Wildman–Crippen MR) is 187 cm³/mol. The molecule has 3 nitrogen and oxygen atoms in total. The van der Waals surface area contributed by atoms with Gasteiger partial charge in [-0.3, -0.25) is 4.58 Å². The molecule has 0 unspecified atom stereocenters. The molecule has 45 heavy (non-hydrogen) atoms. The van der Waals surface area contributed by atoms with Gasteiger partial charge in [0.1, 0.15) is 18.0 Å². The van der Waals surface area contributed by atoms with Crippen LogP contribution in [-0.2, 0) is 19.4 Å². The van der Waals surface area contributed by atoms with Crippen LogP contribution in [0.15, 0.2) is 140 Å². The lowest BCUT2D eigenvalue weighted by Crippen LogP contribution is -2.28. The average Bonchev–Trinajstić information content (AvgIpc) is 3.47. The number of anilines is 1. The number of fused-ring (bicyclic) bond motifs is 1. The summed E-state index contributed by atoms with van der Waals surface area (Å²) in [6.45, 7) is 5.06. The summed E-state index contributed by atoms with van der Waals surface area (Å²) in [6, 6.07) is 49.6. The number of nitrogens with zero attached hydrogens (tertiary/aromatic N) is 2. The lowest BCUT2D eigenvalue weighted by molar-refractivity contribution is -0.578. The number of hydrogen-bond donors (Lipinski definition) is 1. The monoisotopic (exact) mass is 587 g/mol. The van der Waals surface area contributed by atoms with Gasteiger partial charge in [0, 0.05) is 16.7 Å². The van der Waals surface area contributed by atoms with Gasteiger partial charge in [-0.25, -0.2) is 4.90 Å². The van der Waals surface area contributed by atoms with Gasteiger partial charge in [-0.2, -0.15) is 0 Å². The summed E-state index contributed by atoms with van der Waals surface area (Å²) >= 11 is 0. The maximum Gasteiger partial charge on any atom is 0.240 e. The molecule has 0 aliphatic carbocycles. The van der Waals surface area contributed by atoms with Crippen LogP contribution in [-0.4, -0.2) is 16.0 Å². The third kappa shape index (κ3) is 5.51. The van der Waals surface area contributed by atoms with E-state index in [-0.39, 0.29) is 12.1 Å². The van der Waals surface area contributed by atoms with Gasteiger partial charge in [-0.1, -0.05) is 135 Å². The van der Waals surface area contributed by atoms with Crippen LogP contribution in [0.2, 0.25) is 0 Å². The van der Waals surface area contributed by atoms with Crippen molar-refractivity contribution in [2.75, 3.05) is 4.90 Å². The predicted octanol–water partition coefficient (Wildman–Crippen LogP) is 9.88. The van der Waals surface area contributed by atoms with Gasteiger partial charge in [0.15, 0.2) is 12.1 Å². The highest BCUT2D eigenvalue weighted by Gasteiger charge is 2.46. The average molecular weight is 588 g/mol. The molecule has 1 aliphatic rings. The van der Waals surface area contributed by atoms with Gasteiger partial charge < -0.3 is 5.11 Å². The van der Waals surface area contributed by atoms with Gasteiger partial charge in [0.25, 0.3) is 0 Å². The number of phenolic OH excluding ortho intramolecular Hbond substituents is 1. The van der Waals surface area contributed by atoms with Crippen LogP contribution < -0.4 is 4.90 Å². The molecule has 0 bridgehead atoms. The van der Waals surface area contributed by atoms with Gasteiger partial charge in [0.05, 0.1) is 0 Å². The summed E-state index contributed by atoms with van der Waals surface area (Å²) in [5.41, 5.74) is 9.68. The first-order valence-electron chi connectivity index (χ1n) is 16.1. The van der Waals surface area contributed by atoms with E-state index in [1.165, 1.54) is 38.7 Å². The minimum Gasteiger partial charge on any atom is -0.508 e. The smallest absolute Gasteiger partial charge is 0.240 e. The highest BCUT2D eigenvalue weighted by Crippen LogP contribution is 2.45. The first kappa shape index (κ1) is 28.6. The van der Waals surface area contributed by atoms with Crippen molar-refractivity contribution in [3.63, 3.8) is 0 Å². The van der Waals surface area contributed by atoms with Crippen LogP contribution in [0.4, 0.5) is 5.69 Å². The number of hydrogen-bond acceptors (Lipinski definition) is 2. The van der Waals surface area contributed by atoms with E-state index >= 15 is 0 Å². The summed E-state index contributed by atoms with van der Waals surface area (Å²) in [5, 5.41) is 13.7. The van der Waals surface area contributed by atoms with E-state index in [1.54, 1.807) is 0 Å². The van der Waals surface area contributed by atoms with Crippen molar-refractivity contribution in [3.05, 3.63) is 167 Å². The summed E-state index contributed by atoms with van der Waals surface area (Å²) < 4.78 is 2.43. The number of benzene rings is 6. The van der Waals surface area contributed by atoms with Gasteiger partial charge in [0.2, 0.25) is 6.34 Å². The Hall–Kier alpha value is -5.15. The molecule has 0 saturated carbocycles. The Morgan fingerprint density at radius 2 is 1.18 bits per heavy atom. The second-order valence-corrected chi connectivity index (χ2v) is 11.9. The molecule has 2 atom stereocenters. The number of aryl methyl sites for hydroxylation is 2. The van der Waals surface area contributed by atoms with Crippen molar-refractivity contribution in [2.24, 2.45) is 0 Å². The lowest BCUT2D eigenvalue weighted by atomic mass is 9.91. The molecule has 1 N–H and O–H groups in total. The van der Waals surface area contributed by atoms with Crippen LogP contribution in [0, 0.1) is 0 Å². The second-order valence-electron chi connectivity index (χ2n) is 11.9. The Kier molecular flexibility index (Phi) is 7.92. The minimum atomic E-state index is 0.0342. The molecule has 0 amide bonds. The largest absolute Gasteiger partial charge is 0.508 e. The van der Waals surface area contributed by atoms with Crippen LogP contribution in [0.25, 0.3) is 21.9 Å². The highest BCUT2D eigenvalue weighted by molar-refractivity contribution is 5.87. The molecule has 7 rings (SSSR count). The summed E-state index contributed by atoms with van der Waals surface area (Å²) in [7, 11) is 0. The summed E-state index contributed by atoms with van der Waals surface area (Å²) in [6.07, 6.45) is 4.23. The molecular formula is C42H39N2O+. The third-order valence-electron chi connectivity index (χ3n) is 9.25. The molecule has 1 heterocycles. The summed E-state index contributed by atoms with van der Waals surface area (Å²) in [4.78, 5) is 2.51. The normalized spacial score (nSPS) is 16.2. The van der Waals surface area contributed by atoms with Crippen LogP contribution in [0.1, 0.15) is 53.7 Å². The third-order valence-corrected chi connectivity index (χ3v) is 9.25. The zero-order chi connectivity index (χ0) is 30.8. The van der Waals surface area contributed by atoms with Crippen molar-refractivity contribution >= 4 is 22.8 Å². The van der Waals surface area contributed by atoms with Gasteiger partial charge >= 0.3 is 0 Å². The zero-order valence-corrected chi connectivity index (χ0v) is 26.0. The molecule has 3 heteroatoms. The van der Waals surface area contributed by atoms with E-state index in [1.807, 2.05) is 12.1 Å². The number of rotatable bonds is 8. The molecular weight excluding hydrogens is 548 g/mol. The van der Waals surface area contributed by atoms with Crippen LogP contribution in [0.3, 0.4) is 0 Å². The Labute approximate surface area is 266 Å². The minimum absolute atomic E-state index is 0.0342.